The molecule has 0 amide bonds. The van der Waals surface area contributed by atoms with Gasteiger partial charge in [-0.3, -0.25) is 5.10 Å². The van der Waals surface area contributed by atoms with Gasteiger partial charge in [0, 0.05) is 23.2 Å². The molecule has 0 saturated heterocycles. The van der Waals surface area contributed by atoms with Crippen LogP contribution in [0.2, 0.25) is 0 Å². The molecule has 2 aromatic heterocycles. The Hall–Kier alpha value is -2.54. The number of benzene rings is 1. The van der Waals surface area contributed by atoms with Gasteiger partial charge in [-0.1, -0.05) is 0 Å². The number of hydrogen-bond acceptors (Lipinski definition) is 4. The van der Waals surface area contributed by atoms with E-state index in [9.17, 15) is 4.39 Å². The highest BCUT2D eigenvalue weighted by Gasteiger charge is 2.58. The van der Waals surface area contributed by atoms with Crippen molar-refractivity contribution in [1.82, 2.24) is 30.3 Å². The summed E-state index contributed by atoms with van der Waals surface area (Å²) in [6.07, 6.45) is 12.9. The molecule has 4 fully saturated rings. The highest BCUT2D eigenvalue weighted by Crippen LogP contribution is 2.60. The SMILES string of the molecule is Fc1ccc(-c2[nH]ncc2CNC23C[C@H]4C[C@H](C2)CC(n2cncn2)(C4)C3)cc1. The lowest BCUT2D eigenvalue weighted by atomic mass is 9.50. The minimum atomic E-state index is -0.222. The zero-order valence-electron chi connectivity index (χ0n) is 16.3. The second-order valence-electron chi connectivity index (χ2n) is 9.44. The first-order valence-electron chi connectivity index (χ1n) is 10.5. The van der Waals surface area contributed by atoms with E-state index in [1.807, 2.05) is 12.5 Å². The summed E-state index contributed by atoms with van der Waals surface area (Å²) in [6, 6.07) is 6.59. The summed E-state index contributed by atoms with van der Waals surface area (Å²) in [7, 11) is 0. The second kappa shape index (κ2) is 6.23. The summed E-state index contributed by atoms with van der Waals surface area (Å²) >= 11 is 0. The maximum atomic E-state index is 13.3. The average Bonchev–Trinajstić information content (AvgIpc) is 3.39. The van der Waals surface area contributed by atoms with Crippen LogP contribution in [0.4, 0.5) is 4.39 Å². The third kappa shape index (κ3) is 2.82. The van der Waals surface area contributed by atoms with E-state index in [4.69, 9.17) is 0 Å². The van der Waals surface area contributed by atoms with Gasteiger partial charge in [-0.25, -0.2) is 14.1 Å². The summed E-state index contributed by atoms with van der Waals surface area (Å²) in [4.78, 5) is 4.23. The van der Waals surface area contributed by atoms with Crippen molar-refractivity contribution in [3.8, 4) is 11.3 Å². The minimum Gasteiger partial charge on any atom is -0.307 e. The molecule has 4 aliphatic rings. The zero-order chi connectivity index (χ0) is 19.5. The number of rotatable bonds is 5. The maximum Gasteiger partial charge on any atom is 0.137 e. The molecular weight excluding hydrogens is 367 g/mol. The smallest absolute Gasteiger partial charge is 0.137 e. The normalized spacial score (nSPS) is 32.7. The van der Waals surface area contributed by atoms with Crippen molar-refractivity contribution >= 4 is 0 Å². The number of nitrogens with zero attached hydrogens (tertiary/aromatic N) is 4. The lowest BCUT2D eigenvalue weighted by molar-refractivity contribution is -0.0788. The van der Waals surface area contributed by atoms with Gasteiger partial charge in [-0.15, -0.1) is 0 Å². The molecular formula is C22H25FN6. The molecule has 7 rings (SSSR count). The lowest BCUT2D eigenvalue weighted by Crippen LogP contribution is -2.64. The molecule has 2 N–H and O–H groups in total. The first-order chi connectivity index (χ1) is 14.1. The summed E-state index contributed by atoms with van der Waals surface area (Å²) < 4.78 is 15.4. The second-order valence-corrected chi connectivity index (χ2v) is 9.44. The summed E-state index contributed by atoms with van der Waals surface area (Å²) in [5.74, 6) is 1.29. The number of nitrogens with one attached hydrogen (secondary N) is 2. The maximum absolute atomic E-state index is 13.3. The van der Waals surface area contributed by atoms with Gasteiger partial charge in [0.1, 0.15) is 18.5 Å². The molecule has 0 spiro atoms. The van der Waals surface area contributed by atoms with Crippen molar-refractivity contribution in [2.75, 3.05) is 0 Å². The molecule has 7 heteroatoms. The molecule has 2 heterocycles. The van der Waals surface area contributed by atoms with Crippen molar-refractivity contribution in [2.24, 2.45) is 11.8 Å². The molecule has 6 nitrogen and oxygen atoms in total. The van der Waals surface area contributed by atoms with E-state index in [2.05, 4.69) is 30.3 Å². The molecule has 0 aliphatic heterocycles. The Kier molecular flexibility index (Phi) is 3.72. The number of aromatic amines is 1. The molecule has 0 unspecified atom stereocenters. The van der Waals surface area contributed by atoms with Crippen LogP contribution in [0.3, 0.4) is 0 Å². The number of hydrogen-bond donors (Lipinski definition) is 2. The van der Waals surface area contributed by atoms with Crippen molar-refractivity contribution in [1.29, 1.82) is 0 Å². The number of aromatic nitrogens is 5. The van der Waals surface area contributed by atoms with Crippen LogP contribution in [0.5, 0.6) is 0 Å². The molecule has 2 atom stereocenters. The quantitative estimate of drug-likeness (QED) is 0.695. The van der Waals surface area contributed by atoms with E-state index in [1.54, 1.807) is 18.5 Å². The van der Waals surface area contributed by atoms with E-state index in [0.717, 1.165) is 41.6 Å². The molecule has 4 aliphatic carbocycles. The Morgan fingerprint density at radius 2 is 1.93 bits per heavy atom. The van der Waals surface area contributed by atoms with Gasteiger partial charge < -0.3 is 5.32 Å². The van der Waals surface area contributed by atoms with Crippen molar-refractivity contribution < 1.29 is 4.39 Å². The minimum absolute atomic E-state index is 0.115. The van der Waals surface area contributed by atoms with Crippen molar-refractivity contribution in [3.63, 3.8) is 0 Å². The predicted octanol–water partition coefficient (Wildman–Crippen LogP) is 3.65. The Balaban J connectivity index is 1.26. The van der Waals surface area contributed by atoms with Crippen LogP contribution < -0.4 is 5.32 Å². The fourth-order valence-electron chi connectivity index (χ4n) is 6.74. The van der Waals surface area contributed by atoms with E-state index >= 15 is 0 Å². The highest BCUT2D eigenvalue weighted by molar-refractivity contribution is 5.62. The van der Waals surface area contributed by atoms with E-state index < -0.39 is 0 Å². The molecule has 3 aromatic rings. The van der Waals surface area contributed by atoms with Gasteiger partial charge >= 0.3 is 0 Å². The van der Waals surface area contributed by atoms with Gasteiger partial charge in [-0.2, -0.15) is 10.2 Å². The van der Waals surface area contributed by atoms with Gasteiger partial charge in [0.2, 0.25) is 0 Å². The molecule has 0 radical (unpaired) electrons. The van der Waals surface area contributed by atoms with Crippen LogP contribution in [0.15, 0.2) is 43.1 Å². The largest absolute Gasteiger partial charge is 0.307 e. The lowest BCUT2D eigenvalue weighted by Gasteiger charge is -2.62. The topological polar surface area (TPSA) is 71.4 Å². The van der Waals surface area contributed by atoms with Gasteiger partial charge in [0.05, 0.1) is 17.4 Å². The van der Waals surface area contributed by atoms with Gasteiger partial charge in [0.25, 0.3) is 0 Å². The summed E-state index contributed by atoms with van der Waals surface area (Å²) in [5, 5.41) is 15.8. The summed E-state index contributed by atoms with van der Waals surface area (Å²) in [5.41, 5.74) is 3.32. The molecule has 150 valence electrons. The van der Waals surface area contributed by atoms with Crippen LogP contribution in [0.25, 0.3) is 11.3 Å². The van der Waals surface area contributed by atoms with Crippen molar-refractivity contribution in [2.45, 2.75) is 56.1 Å². The monoisotopic (exact) mass is 392 g/mol. The number of H-pyrrole nitrogens is 1. The van der Waals surface area contributed by atoms with E-state index in [1.165, 1.54) is 44.2 Å². The third-order valence-electron chi connectivity index (χ3n) is 7.44. The fourth-order valence-corrected chi connectivity index (χ4v) is 6.74. The van der Waals surface area contributed by atoms with E-state index in [-0.39, 0.29) is 16.9 Å². The zero-order valence-corrected chi connectivity index (χ0v) is 16.3. The summed E-state index contributed by atoms with van der Waals surface area (Å²) in [6.45, 7) is 0.760. The first kappa shape index (κ1) is 17.3. The van der Waals surface area contributed by atoms with Crippen LogP contribution in [0, 0.1) is 17.7 Å². The van der Waals surface area contributed by atoms with Crippen molar-refractivity contribution in [3.05, 3.63) is 54.5 Å². The Labute approximate surface area is 168 Å². The standard InChI is InChI=1S/C22H25FN6/c23-19-3-1-17(2-4-19)20-18(11-26-28-20)10-25-21-6-15-5-16(7-21)9-22(8-15,12-21)29-14-24-13-27-29/h1-4,11,13-16,25H,5-10,12H2,(H,26,28)/t15-,16-,21?,22?/m1/s1. The highest BCUT2D eigenvalue weighted by atomic mass is 19.1. The molecule has 29 heavy (non-hydrogen) atoms. The fraction of sp³-hybridized carbons (Fsp3) is 0.500. The van der Waals surface area contributed by atoms with Gasteiger partial charge in [0.15, 0.2) is 0 Å². The Bertz CT molecular complexity index is 994. The number of halogens is 1. The van der Waals surface area contributed by atoms with Crippen LogP contribution in [-0.2, 0) is 12.1 Å². The van der Waals surface area contributed by atoms with Gasteiger partial charge in [-0.05, 0) is 74.6 Å². The molecule has 4 saturated carbocycles. The predicted molar refractivity (Wildman–Crippen MR) is 106 cm³/mol. The first-order valence-corrected chi connectivity index (χ1v) is 10.5. The van der Waals surface area contributed by atoms with Crippen LogP contribution in [-0.4, -0.2) is 30.5 Å². The molecule has 4 bridgehead atoms. The third-order valence-corrected chi connectivity index (χ3v) is 7.44. The Morgan fingerprint density at radius 3 is 2.66 bits per heavy atom. The van der Waals surface area contributed by atoms with E-state index in [0.29, 0.717) is 0 Å². The molecule has 1 aromatic carbocycles. The Morgan fingerprint density at radius 1 is 1.14 bits per heavy atom. The van der Waals surface area contributed by atoms with Crippen LogP contribution >= 0.6 is 0 Å². The van der Waals surface area contributed by atoms with Crippen LogP contribution in [0.1, 0.15) is 44.1 Å². The average molecular weight is 392 g/mol.